The molecule has 0 amide bonds. The Labute approximate surface area is 133 Å². The Hall–Kier alpha value is -0.230. The molecule has 2 rings (SSSR count). The van der Waals surface area contributed by atoms with Crippen LogP contribution in [0, 0.1) is 17.6 Å². The molecule has 20 heavy (non-hydrogen) atoms. The predicted molar refractivity (Wildman–Crippen MR) is 83.0 cm³/mol. The van der Waals surface area contributed by atoms with E-state index in [0.29, 0.717) is 16.9 Å². The van der Waals surface area contributed by atoms with Gasteiger partial charge in [-0.1, -0.05) is 0 Å². The van der Waals surface area contributed by atoms with E-state index in [1.807, 2.05) is 6.92 Å². The van der Waals surface area contributed by atoms with Gasteiger partial charge in [-0.3, -0.25) is 4.90 Å². The molecule has 0 aliphatic carbocycles. The molecule has 1 aromatic carbocycles. The van der Waals surface area contributed by atoms with E-state index in [1.54, 1.807) is 0 Å². The minimum Gasteiger partial charge on any atom is -0.328 e. The summed E-state index contributed by atoms with van der Waals surface area (Å²) in [4.78, 5) is 2.09. The first-order valence-corrected chi connectivity index (χ1v) is 7.38. The molecule has 1 fully saturated rings. The van der Waals surface area contributed by atoms with Crippen LogP contribution < -0.4 is 5.73 Å². The molecular weight excluding hydrogens is 350 g/mol. The Morgan fingerprint density at radius 1 is 1.35 bits per heavy atom. The second-order valence-corrected chi connectivity index (χ2v) is 6.15. The number of halogens is 4. The maximum atomic E-state index is 13.9. The van der Waals surface area contributed by atoms with Crippen LogP contribution in [-0.4, -0.2) is 24.0 Å². The third-order valence-corrected chi connectivity index (χ3v) is 4.51. The molecule has 0 spiro atoms. The number of piperidine rings is 1. The van der Waals surface area contributed by atoms with Gasteiger partial charge in [-0.05, 0) is 66.8 Å². The molecule has 0 saturated carbocycles. The van der Waals surface area contributed by atoms with E-state index in [9.17, 15) is 8.78 Å². The highest BCUT2D eigenvalue weighted by Gasteiger charge is 2.23. The van der Waals surface area contributed by atoms with E-state index < -0.39 is 11.6 Å². The fraction of sp³-hybridized carbons (Fsp3) is 0.571. The maximum absolute atomic E-state index is 13.9. The molecule has 0 radical (unpaired) electrons. The summed E-state index contributed by atoms with van der Waals surface area (Å²) in [6.07, 6.45) is 1.99. The Balaban J connectivity index is 0.00000200. The summed E-state index contributed by atoms with van der Waals surface area (Å²) in [5, 5.41) is 0. The molecule has 1 aromatic rings. The zero-order valence-electron chi connectivity index (χ0n) is 11.4. The van der Waals surface area contributed by atoms with Gasteiger partial charge in [0.05, 0.1) is 4.47 Å². The molecule has 114 valence electrons. The van der Waals surface area contributed by atoms with Crippen molar-refractivity contribution in [1.82, 2.24) is 4.90 Å². The topological polar surface area (TPSA) is 29.3 Å². The third-order valence-electron chi connectivity index (χ3n) is 3.90. The first-order valence-electron chi connectivity index (χ1n) is 6.59. The number of benzene rings is 1. The summed E-state index contributed by atoms with van der Waals surface area (Å²) in [5.41, 5.74) is 6.04. The number of nitrogens with zero attached hydrogens (tertiary/aromatic N) is 1. The fourth-order valence-electron chi connectivity index (χ4n) is 2.57. The fourth-order valence-corrected chi connectivity index (χ4v) is 2.95. The highest BCUT2D eigenvalue weighted by atomic mass is 79.9. The highest BCUT2D eigenvalue weighted by Crippen LogP contribution is 2.25. The molecule has 1 saturated heterocycles. The van der Waals surface area contributed by atoms with Crippen LogP contribution in [0.4, 0.5) is 8.78 Å². The molecule has 2 N–H and O–H groups in total. The van der Waals surface area contributed by atoms with Crippen molar-refractivity contribution in [1.29, 1.82) is 0 Å². The number of hydrogen-bond acceptors (Lipinski definition) is 2. The van der Waals surface area contributed by atoms with E-state index in [4.69, 9.17) is 5.73 Å². The Kier molecular flexibility index (Phi) is 6.85. The van der Waals surface area contributed by atoms with Gasteiger partial charge in [-0.15, -0.1) is 12.4 Å². The van der Waals surface area contributed by atoms with E-state index in [-0.39, 0.29) is 24.0 Å². The van der Waals surface area contributed by atoms with Crippen LogP contribution in [0.3, 0.4) is 0 Å². The molecule has 2 nitrogen and oxygen atoms in total. The summed E-state index contributed by atoms with van der Waals surface area (Å²) in [5.74, 6) is -0.446. The molecule has 6 heteroatoms. The lowest BCUT2D eigenvalue weighted by Crippen LogP contribution is -2.39. The summed E-state index contributed by atoms with van der Waals surface area (Å²) >= 11 is 3.10. The van der Waals surface area contributed by atoms with Crippen LogP contribution >= 0.6 is 28.3 Å². The van der Waals surface area contributed by atoms with Crippen molar-refractivity contribution in [2.24, 2.45) is 11.7 Å². The average Bonchev–Trinajstić information content (AvgIpc) is 2.40. The van der Waals surface area contributed by atoms with Crippen molar-refractivity contribution < 1.29 is 8.78 Å². The van der Waals surface area contributed by atoms with Crippen molar-refractivity contribution in [3.63, 3.8) is 0 Å². The number of likely N-dealkylation sites (tertiary alicyclic amines) is 1. The van der Waals surface area contributed by atoms with Crippen LogP contribution in [0.1, 0.15) is 25.3 Å². The zero-order valence-corrected chi connectivity index (χ0v) is 13.8. The standard InChI is InChI=1S/C14H19BrF2N2.ClH/c1-9(18)10-4-6-19(7-5-10)8-11-13(16)3-2-12(15)14(11)17;/h2-3,9-10H,4-8,18H2,1H3;1H. The monoisotopic (exact) mass is 368 g/mol. The molecule has 1 heterocycles. The second-order valence-electron chi connectivity index (χ2n) is 5.29. The predicted octanol–water partition coefficient (Wildman–Crippen LogP) is 3.71. The molecule has 0 aromatic heterocycles. The molecule has 1 unspecified atom stereocenters. The van der Waals surface area contributed by atoms with Gasteiger partial charge in [0.25, 0.3) is 0 Å². The van der Waals surface area contributed by atoms with Crippen LogP contribution in [0.15, 0.2) is 16.6 Å². The van der Waals surface area contributed by atoms with E-state index in [2.05, 4.69) is 20.8 Å². The van der Waals surface area contributed by atoms with E-state index in [0.717, 1.165) is 25.9 Å². The third kappa shape index (κ3) is 4.13. The molecular formula is C14H20BrClF2N2. The second kappa shape index (κ2) is 7.69. The van der Waals surface area contributed by atoms with Gasteiger partial charge in [0, 0.05) is 18.2 Å². The van der Waals surface area contributed by atoms with Gasteiger partial charge in [-0.25, -0.2) is 8.78 Å². The summed E-state index contributed by atoms with van der Waals surface area (Å²) < 4.78 is 27.9. The Morgan fingerprint density at radius 3 is 2.50 bits per heavy atom. The molecule has 1 aliphatic rings. The normalized spacial score (nSPS) is 18.6. The first-order chi connectivity index (χ1) is 8.99. The van der Waals surface area contributed by atoms with E-state index in [1.165, 1.54) is 12.1 Å². The van der Waals surface area contributed by atoms with Gasteiger partial charge in [0.2, 0.25) is 0 Å². The van der Waals surface area contributed by atoms with Crippen molar-refractivity contribution in [2.45, 2.75) is 32.4 Å². The van der Waals surface area contributed by atoms with Gasteiger partial charge < -0.3 is 5.73 Å². The number of rotatable bonds is 3. The largest absolute Gasteiger partial charge is 0.328 e. The maximum Gasteiger partial charge on any atom is 0.144 e. The summed E-state index contributed by atoms with van der Waals surface area (Å²) in [6, 6.07) is 2.90. The Bertz CT molecular complexity index is 449. The van der Waals surface area contributed by atoms with Crippen molar-refractivity contribution >= 4 is 28.3 Å². The quantitative estimate of drug-likeness (QED) is 0.823. The minimum atomic E-state index is -0.491. The van der Waals surface area contributed by atoms with Crippen LogP contribution in [0.25, 0.3) is 0 Å². The van der Waals surface area contributed by atoms with Crippen molar-refractivity contribution in [3.8, 4) is 0 Å². The summed E-state index contributed by atoms with van der Waals surface area (Å²) in [7, 11) is 0. The lowest BCUT2D eigenvalue weighted by Gasteiger charge is -2.33. The first kappa shape index (κ1) is 17.8. The lowest BCUT2D eigenvalue weighted by atomic mass is 9.91. The van der Waals surface area contributed by atoms with Crippen molar-refractivity contribution in [3.05, 3.63) is 33.8 Å². The molecule has 1 atom stereocenters. The van der Waals surface area contributed by atoms with Gasteiger partial charge >= 0.3 is 0 Å². The highest BCUT2D eigenvalue weighted by molar-refractivity contribution is 9.10. The van der Waals surface area contributed by atoms with Gasteiger partial charge in [0.1, 0.15) is 11.6 Å². The molecule has 0 bridgehead atoms. The number of nitrogens with two attached hydrogens (primary N) is 1. The van der Waals surface area contributed by atoms with Gasteiger partial charge in [0.15, 0.2) is 0 Å². The summed E-state index contributed by atoms with van der Waals surface area (Å²) in [6.45, 7) is 4.03. The zero-order chi connectivity index (χ0) is 14.0. The van der Waals surface area contributed by atoms with Crippen LogP contribution in [-0.2, 0) is 6.54 Å². The minimum absolute atomic E-state index is 0. The Morgan fingerprint density at radius 2 is 1.95 bits per heavy atom. The van der Waals surface area contributed by atoms with Crippen LogP contribution in [0.5, 0.6) is 0 Å². The number of hydrogen-bond donors (Lipinski definition) is 1. The average molecular weight is 370 g/mol. The van der Waals surface area contributed by atoms with Gasteiger partial charge in [-0.2, -0.15) is 0 Å². The van der Waals surface area contributed by atoms with Crippen LogP contribution in [0.2, 0.25) is 0 Å². The van der Waals surface area contributed by atoms with Crippen molar-refractivity contribution in [2.75, 3.05) is 13.1 Å². The lowest BCUT2D eigenvalue weighted by molar-refractivity contribution is 0.162. The smallest absolute Gasteiger partial charge is 0.144 e. The molecule has 1 aliphatic heterocycles. The van der Waals surface area contributed by atoms with E-state index >= 15 is 0 Å². The SMILES string of the molecule is CC(N)C1CCN(Cc2c(F)ccc(Br)c2F)CC1.Cl.